The van der Waals surface area contributed by atoms with E-state index in [-0.39, 0.29) is 18.2 Å². The Hall–Kier alpha value is -3.87. The lowest BCUT2D eigenvalue weighted by atomic mass is 10.0. The molecule has 0 spiro atoms. The molecule has 1 aliphatic heterocycles. The molecule has 0 unspecified atom stereocenters. The molecule has 2 amide bonds. The molecule has 3 heterocycles. The zero-order valence-electron chi connectivity index (χ0n) is 16.2. The number of furan rings is 1. The zero-order chi connectivity index (χ0) is 20.5. The number of carbonyl (C=O) groups excluding carboxylic acids is 2. The summed E-state index contributed by atoms with van der Waals surface area (Å²) >= 11 is 0. The first kappa shape index (κ1) is 18.2. The van der Waals surface area contributed by atoms with Crippen molar-refractivity contribution in [3.8, 4) is 0 Å². The summed E-state index contributed by atoms with van der Waals surface area (Å²) in [6, 6.07) is 17.3. The molecule has 0 radical (unpaired) electrons. The van der Waals surface area contributed by atoms with Gasteiger partial charge in [-0.3, -0.25) is 14.7 Å². The topological polar surface area (TPSA) is 91.2 Å². The summed E-state index contributed by atoms with van der Waals surface area (Å²) < 4.78 is 5.23. The second kappa shape index (κ2) is 7.51. The van der Waals surface area contributed by atoms with E-state index in [2.05, 4.69) is 15.5 Å². The van der Waals surface area contributed by atoms with Crippen LogP contribution in [-0.2, 0) is 24.2 Å². The van der Waals surface area contributed by atoms with Gasteiger partial charge in [-0.2, -0.15) is 5.10 Å². The number of nitrogens with zero attached hydrogens (tertiary/aromatic N) is 2. The number of hydrogen-bond acceptors (Lipinski definition) is 4. The van der Waals surface area contributed by atoms with Crippen molar-refractivity contribution in [2.24, 2.45) is 0 Å². The fourth-order valence-corrected chi connectivity index (χ4v) is 3.93. The Bertz CT molecular complexity index is 1220. The van der Waals surface area contributed by atoms with Crippen LogP contribution in [0.1, 0.15) is 27.4 Å². The van der Waals surface area contributed by atoms with E-state index in [9.17, 15) is 9.59 Å². The minimum Gasteiger partial charge on any atom is -0.459 e. The Morgan fingerprint density at radius 3 is 2.83 bits per heavy atom. The standard InChI is InChI=1S/C23H20N4O3/c28-21(13-16-7-3-6-15-5-1-2-8-17(15)16)24-22-18-14-27(11-10-19(18)25-26-22)23(29)20-9-4-12-30-20/h1-9,12H,10-11,13-14H2,(H2,24,25,26,28). The van der Waals surface area contributed by atoms with Crippen molar-refractivity contribution in [3.05, 3.63) is 83.4 Å². The molecule has 0 bridgehead atoms. The van der Waals surface area contributed by atoms with Crippen molar-refractivity contribution < 1.29 is 14.0 Å². The van der Waals surface area contributed by atoms with Gasteiger partial charge in [-0.25, -0.2) is 0 Å². The largest absolute Gasteiger partial charge is 0.459 e. The molecule has 2 aromatic carbocycles. The van der Waals surface area contributed by atoms with Gasteiger partial charge in [-0.05, 0) is 28.5 Å². The van der Waals surface area contributed by atoms with Gasteiger partial charge in [0.1, 0.15) is 5.82 Å². The highest BCUT2D eigenvalue weighted by Crippen LogP contribution is 2.26. The SMILES string of the molecule is O=C(Cc1cccc2ccccc12)Nc1[nH]nc2c1CN(C(=O)c1ccco1)CC2. The summed E-state index contributed by atoms with van der Waals surface area (Å²) in [7, 11) is 0. The van der Waals surface area contributed by atoms with Crippen molar-refractivity contribution in [1.29, 1.82) is 0 Å². The number of benzene rings is 2. The fraction of sp³-hybridized carbons (Fsp3) is 0.174. The molecule has 7 heteroatoms. The monoisotopic (exact) mass is 400 g/mol. The first-order valence-electron chi connectivity index (χ1n) is 9.84. The van der Waals surface area contributed by atoms with E-state index in [1.54, 1.807) is 17.0 Å². The van der Waals surface area contributed by atoms with E-state index in [0.29, 0.717) is 31.1 Å². The fourth-order valence-electron chi connectivity index (χ4n) is 3.93. The average Bonchev–Trinajstić information content (AvgIpc) is 3.44. The third-order valence-corrected chi connectivity index (χ3v) is 5.43. The van der Waals surface area contributed by atoms with Crippen LogP contribution in [0.15, 0.2) is 65.3 Å². The molecule has 30 heavy (non-hydrogen) atoms. The Labute approximate surface area is 172 Å². The van der Waals surface area contributed by atoms with E-state index in [1.807, 2.05) is 42.5 Å². The number of aromatic amines is 1. The number of H-pyrrole nitrogens is 1. The summed E-state index contributed by atoms with van der Waals surface area (Å²) in [5.74, 6) is 0.558. The van der Waals surface area contributed by atoms with E-state index in [0.717, 1.165) is 27.6 Å². The number of amides is 2. The summed E-state index contributed by atoms with van der Waals surface area (Å²) in [5.41, 5.74) is 2.68. The number of nitrogens with one attached hydrogen (secondary N) is 2. The molecule has 5 rings (SSSR count). The lowest BCUT2D eigenvalue weighted by Gasteiger charge is -2.26. The van der Waals surface area contributed by atoms with Gasteiger partial charge in [-0.1, -0.05) is 42.5 Å². The van der Waals surface area contributed by atoms with Crippen molar-refractivity contribution in [2.45, 2.75) is 19.4 Å². The van der Waals surface area contributed by atoms with Crippen LogP contribution in [0.5, 0.6) is 0 Å². The average molecular weight is 400 g/mol. The van der Waals surface area contributed by atoms with Crippen molar-refractivity contribution in [2.75, 3.05) is 11.9 Å². The van der Waals surface area contributed by atoms with Crippen LogP contribution in [0.3, 0.4) is 0 Å². The van der Waals surface area contributed by atoms with E-state index in [1.165, 1.54) is 6.26 Å². The summed E-state index contributed by atoms with van der Waals surface area (Å²) in [6.07, 6.45) is 2.36. The highest BCUT2D eigenvalue weighted by molar-refractivity contribution is 5.96. The molecule has 4 aromatic rings. The predicted molar refractivity (Wildman–Crippen MR) is 112 cm³/mol. The number of anilines is 1. The second-order valence-corrected chi connectivity index (χ2v) is 7.34. The molecule has 0 atom stereocenters. The molecule has 0 saturated carbocycles. The predicted octanol–water partition coefficient (Wildman–Crippen LogP) is 3.54. The highest BCUT2D eigenvalue weighted by atomic mass is 16.3. The normalized spacial score (nSPS) is 13.3. The van der Waals surface area contributed by atoms with E-state index < -0.39 is 0 Å². The van der Waals surface area contributed by atoms with Crippen LogP contribution in [0, 0.1) is 0 Å². The molecule has 7 nitrogen and oxygen atoms in total. The number of carbonyl (C=O) groups is 2. The molecule has 2 N–H and O–H groups in total. The van der Waals surface area contributed by atoms with Crippen LogP contribution in [0.4, 0.5) is 5.82 Å². The Morgan fingerprint density at radius 2 is 1.97 bits per heavy atom. The van der Waals surface area contributed by atoms with E-state index in [4.69, 9.17) is 4.42 Å². The molecule has 150 valence electrons. The molecule has 0 fully saturated rings. The maximum Gasteiger partial charge on any atom is 0.289 e. The maximum atomic E-state index is 12.8. The van der Waals surface area contributed by atoms with Gasteiger partial charge in [0, 0.05) is 18.5 Å². The minimum atomic E-state index is -0.167. The summed E-state index contributed by atoms with van der Waals surface area (Å²) in [4.78, 5) is 27.1. The summed E-state index contributed by atoms with van der Waals surface area (Å²) in [5, 5.41) is 12.4. The quantitative estimate of drug-likeness (QED) is 0.548. The van der Waals surface area contributed by atoms with Gasteiger partial charge >= 0.3 is 0 Å². The number of hydrogen-bond donors (Lipinski definition) is 2. The molecule has 1 aliphatic rings. The van der Waals surface area contributed by atoms with Gasteiger partial charge in [0.15, 0.2) is 5.76 Å². The van der Waals surface area contributed by atoms with Crippen LogP contribution >= 0.6 is 0 Å². The zero-order valence-corrected chi connectivity index (χ0v) is 16.2. The lowest BCUT2D eigenvalue weighted by molar-refractivity contribution is -0.115. The summed E-state index contributed by atoms with van der Waals surface area (Å²) in [6.45, 7) is 0.927. The van der Waals surface area contributed by atoms with Crippen molar-refractivity contribution in [1.82, 2.24) is 15.1 Å². The Morgan fingerprint density at radius 1 is 1.10 bits per heavy atom. The highest BCUT2D eigenvalue weighted by Gasteiger charge is 2.27. The smallest absolute Gasteiger partial charge is 0.289 e. The van der Waals surface area contributed by atoms with Crippen LogP contribution in [0.2, 0.25) is 0 Å². The maximum absolute atomic E-state index is 12.8. The van der Waals surface area contributed by atoms with Crippen molar-refractivity contribution in [3.63, 3.8) is 0 Å². The first-order valence-corrected chi connectivity index (χ1v) is 9.84. The van der Waals surface area contributed by atoms with Gasteiger partial charge < -0.3 is 14.6 Å². The van der Waals surface area contributed by atoms with Crippen LogP contribution in [-0.4, -0.2) is 33.5 Å². The molecule has 0 aliphatic carbocycles. The second-order valence-electron chi connectivity index (χ2n) is 7.34. The van der Waals surface area contributed by atoms with Gasteiger partial charge in [0.2, 0.25) is 5.91 Å². The molecular weight excluding hydrogens is 380 g/mol. The Balaban J connectivity index is 1.32. The van der Waals surface area contributed by atoms with Crippen molar-refractivity contribution >= 4 is 28.4 Å². The van der Waals surface area contributed by atoms with Crippen LogP contribution in [0.25, 0.3) is 10.8 Å². The third-order valence-electron chi connectivity index (χ3n) is 5.43. The van der Waals surface area contributed by atoms with E-state index >= 15 is 0 Å². The lowest BCUT2D eigenvalue weighted by Crippen LogP contribution is -2.36. The molecule has 2 aromatic heterocycles. The minimum absolute atomic E-state index is 0.132. The number of aromatic nitrogens is 2. The number of rotatable bonds is 4. The van der Waals surface area contributed by atoms with Gasteiger partial charge in [0.25, 0.3) is 5.91 Å². The van der Waals surface area contributed by atoms with Gasteiger partial charge in [-0.15, -0.1) is 0 Å². The van der Waals surface area contributed by atoms with Gasteiger partial charge in [0.05, 0.1) is 24.9 Å². The first-order chi connectivity index (χ1) is 14.7. The molecular formula is C23H20N4O3. The molecule has 0 saturated heterocycles. The Kier molecular flexibility index (Phi) is 4.55. The number of fused-ring (bicyclic) bond motifs is 2. The van der Waals surface area contributed by atoms with Crippen LogP contribution < -0.4 is 5.32 Å². The third kappa shape index (κ3) is 3.34.